The number of para-hydroxylation sites is 2. The molecule has 62 heavy (non-hydrogen) atoms. The SMILES string of the molecule is Cc1cc(-c2ccccc2)ccc1N1c2cc3c(cc2[B]c2c(-c4ccc5ccccc5c4Nc4ccc(C(C)(C)C)cc4)cc(-c4ccccc4)cc21)Oc1ccccc1O3. The average Bonchev–Trinajstić information content (AvgIpc) is 3.30. The van der Waals surface area contributed by atoms with E-state index >= 15 is 0 Å². The summed E-state index contributed by atoms with van der Waals surface area (Å²) in [4.78, 5) is 2.42. The van der Waals surface area contributed by atoms with Crippen molar-refractivity contribution >= 4 is 57.4 Å². The van der Waals surface area contributed by atoms with Gasteiger partial charge in [0.1, 0.15) is 0 Å². The van der Waals surface area contributed by atoms with Crippen LogP contribution in [0.15, 0.2) is 188 Å². The normalized spacial score (nSPS) is 12.5. The zero-order valence-electron chi connectivity index (χ0n) is 35.2. The van der Waals surface area contributed by atoms with Crippen LogP contribution in [0.4, 0.5) is 28.4 Å². The number of nitrogens with zero attached hydrogens (tertiary/aromatic N) is 1. The van der Waals surface area contributed by atoms with Crippen LogP contribution in [-0.4, -0.2) is 7.28 Å². The van der Waals surface area contributed by atoms with Crippen LogP contribution >= 0.6 is 0 Å². The average molecular weight is 800 g/mol. The lowest BCUT2D eigenvalue weighted by atomic mass is 9.57. The van der Waals surface area contributed by atoms with Crippen molar-refractivity contribution in [3.05, 3.63) is 199 Å². The predicted octanol–water partition coefficient (Wildman–Crippen LogP) is 14.5. The van der Waals surface area contributed by atoms with Crippen LogP contribution in [0.2, 0.25) is 0 Å². The maximum atomic E-state index is 6.57. The quantitative estimate of drug-likeness (QED) is 0.170. The molecule has 9 aromatic carbocycles. The number of aryl methyl sites for hydroxylation is 1. The summed E-state index contributed by atoms with van der Waals surface area (Å²) in [5.41, 5.74) is 16.8. The number of ether oxygens (including phenoxy) is 2. The molecular weight excluding hydrogens is 755 g/mol. The van der Waals surface area contributed by atoms with Crippen molar-refractivity contribution in [1.29, 1.82) is 0 Å². The minimum atomic E-state index is 0.0537. The topological polar surface area (TPSA) is 33.7 Å². The van der Waals surface area contributed by atoms with Crippen molar-refractivity contribution in [1.82, 2.24) is 0 Å². The third-order valence-electron chi connectivity index (χ3n) is 12.2. The molecule has 1 N–H and O–H groups in total. The van der Waals surface area contributed by atoms with Crippen molar-refractivity contribution in [2.24, 2.45) is 0 Å². The molecule has 297 valence electrons. The van der Waals surface area contributed by atoms with Crippen LogP contribution in [0.25, 0.3) is 44.2 Å². The molecule has 0 unspecified atom stereocenters. The fourth-order valence-corrected chi connectivity index (χ4v) is 8.97. The first-order valence-corrected chi connectivity index (χ1v) is 21.3. The van der Waals surface area contributed by atoms with Crippen LogP contribution < -0.4 is 30.6 Å². The van der Waals surface area contributed by atoms with E-state index in [2.05, 4.69) is 209 Å². The Morgan fingerprint density at radius 1 is 0.484 bits per heavy atom. The van der Waals surface area contributed by atoms with Gasteiger partial charge in [-0.15, -0.1) is 0 Å². The van der Waals surface area contributed by atoms with E-state index in [1.54, 1.807) is 0 Å². The van der Waals surface area contributed by atoms with Crippen molar-refractivity contribution < 1.29 is 9.47 Å². The van der Waals surface area contributed by atoms with E-state index in [-0.39, 0.29) is 5.41 Å². The maximum Gasteiger partial charge on any atom is 0.198 e. The Kier molecular flexibility index (Phi) is 9.01. The van der Waals surface area contributed by atoms with Crippen molar-refractivity contribution in [2.75, 3.05) is 10.2 Å². The van der Waals surface area contributed by atoms with Gasteiger partial charge >= 0.3 is 0 Å². The van der Waals surface area contributed by atoms with Gasteiger partial charge in [-0.3, -0.25) is 0 Å². The van der Waals surface area contributed by atoms with Crippen molar-refractivity contribution in [3.8, 4) is 56.4 Å². The summed E-state index contributed by atoms with van der Waals surface area (Å²) in [6.45, 7) is 8.98. The standard InChI is InChI=1S/C57H44BN2O2/c1-36-31-40(37-15-7-5-8-16-37)24-30-48(36)60-49-35-54-53(61-51-21-13-14-22-52(51)62-54)34-47(49)58-55-46(32-41(33-50(55)60)38-17-9-6-10-18-38)45-29-23-39-19-11-12-20-44(39)56(45)59-43-27-25-42(26-28-43)57(2,3)4/h5-35,59H,1-4H3. The van der Waals surface area contributed by atoms with E-state index in [1.165, 1.54) is 22.1 Å². The molecule has 2 aliphatic heterocycles. The Labute approximate surface area is 364 Å². The Morgan fingerprint density at radius 3 is 1.82 bits per heavy atom. The lowest BCUT2D eigenvalue weighted by Crippen LogP contribution is -2.41. The molecule has 0 atom stereocenters. The highest BCUT2D eigenvalue weighted by molar-refractivity contribution is 6.73. The lowest BCUT2D eigenvalue weighted by molar-refractivity contribution is 0.360. The molecule has 0 aromatic heterocycles. The molecule has 11 rings (SSSR count). The summed E-state index contributed by atoms with van der Waals surface area (Å²) < 4.78 is 13.1. The Bertz CT molecular complexity index is 3170. The molecule has 0 aliphatic carbocycles. The molecule has 0 saturated carbocycles. The number of anilines is 5. The van der Waals surface area contributed by atoms with E-state index in [4.69, 9.17) is 9.47 Å². The van der Waals surface area contributed by atoms with Crippen LogP contribution in [0.3, 0.4) is 0 Å². The zero-order chi connectivity index (χ0) is 42.0. The molecule has 1 radical (unpaired) electrons. The smallest absolute Gasteiger partial charge is 0.198 e. The summed E-state index contributed by atoms with van der Waals surface area (Å²) in [5.74, 6) is 2.78. The monoisotopic (exact) mass is 799 g/mol. The van der Waals surface area contributed by atoms with Gasteiger partial charge in [-0.25, -0.2) is 0 Å². The zero-order valence-corrected chi connectivity index (χ0v) is 35.2. The second kappa shape index (κ2) is 14.9. The van der Waals surface area contributed by atoms with Crippen molar-refractivity contribution in [3.63, 3.8) is 0 Å². The van der Waals surface area contributed by atoms with Crippen LogP contribution in [-0.2, 0) is 5.41 Å². The third-order valence-corrected chi connectivity index (χ3v) is 12.2. The van der Waals surface area contributed by atoms with Gasteiger partial charge in [0.05, 0.1) is 5.69 Å². The molecule has 9 aromatic rings. The van der Waals surface area contributed by atoms with E-state index < -0.39 is 0 Å². The van der Waals surface area contributed by atoms with Gasteiger partial charge in [0.2, 0.25) is 0 Å². The first-order valence-electron chi connectivity index (χ1n) is 21.3. The van der Waals surface area contributed by atoms with E-state index in [9.17, 15) is 0 Å². The van der Waals surface area contributed by atoms with E-state index in [0.717, 1.165) is 72.6 Å². The summed E-state index contributed by atoms with van der Waals surface area (Å²) in [5, 5.41) is 6.27. The van der Waals surface area contributed by atoms with Gasteiger partial charge in [0.15, 0.2) is 30.3 Å². The first kappa shape index (κ1) is 37.5. The Morgan fingerprint density at radius 2 is 1.13 bits per heavy atom. The highest BCUT2D eigenvalue weighted by Gasteiger charge is 2.33. The molecule has 0 fully saturated rings. The van der Waals surface area contributed by atoms with Crippen molar-refractivity contribution in [2.45, 2.75) is 33.1 Å². The number of hydrogen-bond donors (Lipinski definition) is 1. The number of nitrogens with one attached hydrogen (secondary N) is 1. The van der Waals surface area contributed by atoms with Crippen LogP contribution in [0.1, 0.15) is 31.9 Å². The molecule has 2 heterocycles. The minimum Gasteiger partial charge on any atom is -0.450 e. The summed E-state index contributed by atoms with van der Waals surface area (Å²) >= 11 is 0. The van der Waals surface area contributed by atoms with Gasteiger partial charge in [-0.05, 0) is 117 Å². The summed E-state index contributed by atoms with van der Waals surface area (Å²) in [6.07, 6.45) is 0. The highest BCUT2D eigenvalue weighted by Crippen LogP contribution is 2.50. The molecular formula is C57H44BN2O2. The summed E-state index contributed by atoms with van der Waals surface area (Å²) in [7, 11) is 2.33. The highest BCUT2D eigenvalue weighted by atomic mass is 16.6. The predicted molar refractivity (Wildman–Crippen MR) is 260 cm³/mol. The molecule has 0 amide bonds. The lowest BCUT2D eigenvalue weighted by Gasteiger charge is -2.37. The van der Waals surface area contributed by atoms with E-state index in [1.807, 2.05) is 24.3 Å². The molecule has 0 spiro atoms. The molecule has 0 saturated heterocycles. The second-order valence-electron chi connectivity index (χ2n) is 17.3. The molecule has 4 nitrogen and oxygen atoms in total. The largest absolute Gasteiger partial charge is 0.450 e. The minimum absolute atomic E-state index is 0.0537. The van der Waals surface area contributed by atoms with Gasteiger partial charge in [-0.2, -0.15) is 0 Å². The first-order chi connectivity index (χ1) is 30.2. The second-order valence-corrected chi connectivity index (χ2v) is 17.3. The number of benzene rings is 9. The molecule has 2 aliphatic rings. The van der Waals surface area contributed by atoms with E-state index in [0.29, 0.717) is 23.0 Å². The Hall–Kier alpha value is -7.50. The fraction of sp³-hybridized carbons (Fsp3) is 0.0877. The van der Waals surface area contributed by atoms with Gasteiger partial charge < -0.3 is 19.7 Å². The summed E-state index contributed by atoms with van der Waals surface area (Å²) in [6, 6.07) is 67.0. The van der Waals surface area contributed by atoms with Crippen LogP contribution in [0.5, 0.6) is 23.0 Å². The molecule has 5 heteroatoms. The number of fused-ring (bicyclic) bond motifs is 5. The van der Waals surface area contributed by atoms with Gasteiger partial charge in [0.25, 0.3) is 0 Å². The number of hydrogen-bond acceptors (Lipinski definition) is 4. The maximum absolute atomic E-state index is 6.57. The number of rotatable bonds is 6. The van der Waals surface area contributed by atoms with Gasteiger partial charge in [0, 0.05) is 39.8 Å². The van der Waals surface area contributed by atoms with Crippen LogP contribution in [0, 0.1) is 6.92 Å². The fourth-order valence-electron chi connectivity index (χ4n) is 8.97. The third kappa shape index (κ3) is 6.67. The van der Waals surface area contributed by atoms with Gasteiger partial charge in [-0.1, -0.05) is 154 Å². The molecule has 0 bridgehead atoms. The Balaban J connectivity index is 1.16.